The Hall–Kier alpha value is -1.43. The van der Waals surface area contributed by atoms with Crippen LogP contribution in [0.1, 0.15) is 24.2 Å². The predicted octanol–water partition coefficient (Wildman–Crippen LogP) is 0.566. The van der Waals surface area contributed by atoms with Gasteiger partial charge in [0.1, 0.15) is 18.5 Å². The summed E-state index contributed by atoms with van der Waals surface area (Å²) in [5, 5.41) is 12.8. The lowest BCUT2D eigenvalue weighted by molar-refractivity contribution is 0.0999. The molecule has 0 spiro atoms. The molecule has 1 rings (SSSR count). The third kappa shape index (κ3) is 5.83. The average molecular weight is 266 g/mol. The molecule has 1 atom stereocenters. The minimum Gasteiger partial charge on any atom is -0.491 e. The number of hydrogen-bond acceptors (Lipinski definition) is 5. The molecule has 0 fully saturated rings. The Morgan fingerprint density at radius 3 is 2.53 bits per heavy atom. The second-order valence-corrected chi connectivity index (χ2v) is 4.68. The van der Waals surface area contributed by atoms with Crippen LogP contribution in [0.15, 0.2) is 24.3 Å². The quantitative estimate of drug-likeness (QED) is 0.599. The van der Waals surface area contributed by atoms with Crippen LogP contribution in [-0.4, -0.2) is 42.7 Å². The van der Waals surface area contributed by atoms with E-state index in [1.54, 1.807) is 24.3 Å². The lowest BCUT2D eigenvalue weighted by Gasteiger charge is -2.15. The summed E-state index contributed by atoms with van der Waals surface area (Å²) in [6.07, 6.45) is -0.562. The molecule has 1 aromatic rings. The van der Waals surface area contributed by atoms with Crippen molar-refractivity contribution in [1.29, 1.82) is 0 Å². The topological polar surface area (TPSA) is 84.6 Å². The number of ketones is 1. The van der Waals surface area contributed by atoms with E-state index in [1.807, 2.05) is 13.8 Å². The summed E-state index contributed by atoms with van der Waals surface area (Å²) < 4.78 is 5.44. The zero-order chi connectivity index (χ0) is 14.3. The van der Waals surface area contributed by atoms with Crippen LogP contribution in [0.2, 0.25) is 0 Å². The molecule has 0 aromatic heterocycles. The van der Waals surface area contributed by atoms with Gasteiger partial charge < -0.3 is 20.9 Å². The molecule has 5 nitrogen and oxygen atoms in total. The first-order valence-corrected chi connectivity index (χ1v) is 6.40. The van der Waals surface area contributed by atoms with Gasteiger partial charge in [-0.1, -0.05) is 13.8 Å². The molecule has 106 valence electrons. The van der Waals surface area contributed by atoms with E-state index in [9.17, 15) is 9.90 Å². The molecule has 0 aliphatic carbocycles. The number of ether oxygens (including phenoxy) is 1. The summed E-state index contributed by atoms with van der Waals surface area (Å²) in [7, 11) is 0. The summed E-state index contributed by atoms with van der Waals surface area (Å²) in [5.74, 6) is 0.518. The highest BCUT2D eigenvalue weighted by Crippen LogP contribution is 2.12. The molecule has 0 bridgehead atoms. The Kier molecular flexibility index (Phi) is 6.49. The molecule has 4 N–H and O–H groups in total. The maximum atomic E-state index is 11.3. The Labute approximate surface area is 113 Å². The molecule has 5 heteroatoms. The fourth-order valence-electron chi connectivity index (χ4n) is 1.48. The molecule has 0 amide bonds. The second kappa shape index (κ2) is 7.89. The largest absolute Gasteiger partial charge is 0.491 e. The lowest BCUT2D eigenvalue weighted by Crippen LogP contribution is -2.35. The van der Waals surface area contributed by atoms with E-state index in [0.717, 1.165) is 0 Å². The Morgan fingerprint density at radius 2 is 2.00 bits per heavy atom. The first-order valence-electron chi connectivity index (χ1n) is 6.40. The maximum absolute atomic E-state index is 11.3. The van der Waals surface area contributed by atoms with Crippen LogP contribution in [0.25, 0.3) is 0 Å². The van der Waals surface area contributed by atoms with Crippen LogP contribution >= 0.6 is 0 Å². The van der Waals surface area contributed by atoms with Crippen LogP contribution in [0.3, 0.4) is 0 Å². The van der Waals surface area contributed by atoms with Crippen molar-refractivity contribution in [3.8, 4) is 5.75 Å². The molecule has 0 heterocycles. The van der Waals surface area contributed by atoms with E-state index < -0.39 is 6.10 Å². The molecule has 19 heavy (non-hydrogen) atoms. The van der Waals surface area contributed by atoms with Gasteiger partial charge in [0.2, 0.25) is 0 Å². The van der Waals surface area contributed by atoms with Gasteiger partial charge in [-0.25, -0.2) is 0 Å². The lowest BCUT2D eigenvalue weighted by atomic mass is 10.1. The van der Waals surface area contributed by atoms with E-state index in [-0.39, 0.29) is 18.9 Å². The zero-order valence-electron chi connectivity index (χ0n) is 11.4. The third-order valence-corrected chi connectivity index (χ3v) is 2.57. The molecular formula is C14H22N2O3. The highest BCUT2D eigenvalue weighted by Gasteiger charge is 2.07. The van der Waals surface area contributed by atoms with Crippen molar-refractivity contribution in [3.63, 3.8) is 0 Å². The van der Waals surface area contributed by atoms with Gasteiger partial charge in [0.15, 0.2) is 5.78 Å². The van der Waals surface area contributed by atoms with Gasteiger partial charge in [-0.05, 0) is 24.3 Å². The number of Topliss-reactive ketones (excluding diaryl/α,β-unsaturated/α-hetero) is 1. The Bertz CT molecular complexity index is 390. The summed E-state index contributed by atoms with van der Waals surface area (Å²) in [5.41, 5.74) is 5.84. The Morgan fingerprint density at radius 1 is 1.37 bits per heavy atom. The molecule has 1 unspecified atom stereocenters. The fraction of sp³-hybridized carbons (Fsp3) is 0.500. The van der Waals surface area contributed by atoms with Gasteiger partial charge in [-0.15, -0.1) is 0 Å². The predicted molar refractivity (Wildman–Crippen MR) is 74.5 cm³/mol. The van der Waals surface area contributed by atoms with Gasteiger partial charge in [0.25, 0.3) is 0 Å². The molecule has 0 radical (unpaired) electrons. The minimum absolute atomic E-state index is 0.000209. The van der Waals surface area contributed by atoms with Gasteiger partial charge in [0, 0.05) is 18.2 Å². The number of carbonyl (C=O) groups is 1. The number of benzene rings is 1. The average Bonchev–Trinajstić information content (AvgIpc) is 2.42. The highest BCUT2D eigenvalue weighted by atomic mass is 16.5. The molecule has 0 aliphatic rings. The Balaban J connectivity index is 2.39. The number of aliphatic hydroxyl groups is 1. The van der Waals surface area contributed by atoms with Crippen molar-refractivity contribution in [2.75, 3.05) is 19.7 Å². The summed E-state index contributed by atoms with van der Waals surface area (Å²) in [4.78, 5) is 11.3. The van der Waals surface area contributed by atoms with Gasteiger partial charge in [-0.3, -0.25) is 4.79 Å². The van der Waals surface area contributed by atoms with Crippen molar-refractivity contribution in [2.24, 2.45) is 5.73 Å². The van der Waals surface area contributed by atoms with Crippen LogP contribution in [0, 0.1) is 0 Å². The number of nitrogens with one attached hydrogen (secondary N) is 1. The van der Waals surface area contributed by atoms with Crippen LogP contribution in [0.5, 0.6) is 5.75 Å². The standard InChI is InChI=1S/C14H22N2O3/c1-10(2)16-8-12(17)9-19-13-5-3-11(4-6-13)14(18)7-15/h3-6,10,12,16-17H,7-9,15H2,1-2H3. The molecular weight excluding hydrogens is 244 g/mol. The summed E-state index contributed by atoms with van der Waals surface area (Å²) in [6, 6.07) is 7.07. The first-order chi connectivity index (χ1) is 9.02. The number of rotatable bonds is 8. The van der Waals surface area contributed by atoms with Gasteiger partial charge in [-0.2, -0.15) is 0 Å². The SMILES string of the molecule is CC(C)NCC(O)COc1ccc(C(=O)CN)cc1. The normalized spacial score (nSPS) is 12.5. The van der Waals surface area contributed by atoms with Crippen molar-refractivity contribution in [1.82, 2.24) is 5.32 Å². The molecule has 0 aliphatic heterocycles. The minimum atomic E-state index is -0.562. The maximum Gasteiger partial charge on any atom is 0.176 e. The van der Waals surface area contributed by atoms with Crippen molar-refractivity contribution in [2.45, 2.75) is 26.0 Å². The molecule has 1 aromatic carbocycles. The molecule has 0 saturated carbocycles. The first kappa shape index (κ1) is 15.6. The number of hydrogen-bond donors (Lipinski definition) is 3. The third-order valence-electron chi connectivity index (χ3n) is 2.57. The van der Waals surface area contributed by atoms with Crippen LogP contribution in [0.4, 0.5) is 0 Å². The van der Waals surface area contributed by atoms with Crippen molar-refractivity contribution >= 4 is 5.78 Å². The van der Waals surface area contributed by atoms with E-state index in [1.165, 1.54) is 0 Å². The highest BCUT2D eigenvalue weighted by molar-refractivity contribution is 5.97. The number of nitrogens with two attached hydrogens (primary N) is 1. The van der Waals surface area contributed by atoms with E-state index in [0.29, 0.717) is 23.9 Å². The summed E-state index contributed by atoms with van der Waals surface area (Å²) in [6.45, 7) is 4.73. The monoisotopic (exact) mass is 266 g/mol. The van der Waals surface area contributed by atoms with Crippen LogP contribution < -0.4 is 15.8 Å². The fourth-order valence-corrected chi connectivity index (χ4v) is 1.48. The molecule has 0 saturated heterocycles. The second-order valence-electron chi connectivity index (χ2n) is 4.68. The van der Waals surface area contributed by atoms with E-state index >= 15 is 0 Å². The van der Waals surface area contributed by atoms with E-state index in [4.69, 9.17) is 10.5 Å². The van der Waals surface area contributed by atoms with Crippen LogP contribution in [-0.2, 0) is 0 Å². The van der Waals surface area contributed by atoms with Gasteiger partial charge in [0.05, 0.1) is 6.54 Å². The van der Waals surface area contributed by atoms with Gasteiger partial charge >= 0.3 is 0 Å². The number of carbonyl (C=O) groups excluding carboxylic acids is 1. The van der Waals surface area contributed by atoms with Crippen molar-refractivity contribution < 1.29 is 14.6 Å². The van der Waals surface area contributed by atoms with Crippen molar-refractivity contribution in [3.05, 3.63) is 29.8 Å². The number of aliphatic hydroxyl groups excluding tert-OH is 1. The summed E-state index contributed by atoms with van der Waals surface area (Å²) >= 11 is 0. The van der Waals surface area contributed by atoms with E-state index in [2.05, 4.69) is 5.32 Å². The zero-order valence-corrected chi connectivity index (χ0v) is 11.4. The smallest absolute Gasteiger partial charge is 0.176 e.